The molecule has 0 heterocycles. The van der Waals surface area contributed by atoms with Crippen LogP contribution < -0.4 is 5.32 Å². The summed E-state index contributed by atoms with van der Waals surface area (Å²) in [4.78, 5) is 0. The predicted octanol–water partition coefficient (Wildman–Crippen LogP) is 4.84. The van der Waals surface area contributed by atoms with Crippen LogP contribution in [0.5, 0.6) is 0 Å². The van der Waals surface area contributed by atoms with Gasteiger partial charge in [-0.3, -0.25) is 0 Å². The van der Waals surface area contributed by atoms with Crippen LogP contribution in [0, 0.1) is 6.92 Å². The number of hydrogen-bond donors (Lipinski definition) is 2. The van der Waals surface area contributed by atoms with Crippen molar-refractivity contribution in [2.45, 2.75) is 38.3 Å². The lowest BCUT2D eigenvalue weighted by Crippen LogP contribution is -2.38. The first-order valence-electron chi connectivity index (χ1n) is 9.71. The number of aryl methyl sites for hydroxylation is 1. The van der Waals surface area contributed by atoms with Crippen molar-refractivity contribution in [1.82, 2.24) is 5.32 Å². The molecule has 0 spiro atoms. The molecule has 0 aliphatic rings. The van der Waals surface area contributed by atoms with Crippen molar-refractivity contribution in [2.75, 3.05) is 6.54 Å². The van der Waals surface area contributed by atoms with E-state index < -0.39 is 5.60 Å². The molecule has 0 fully saturated rings. The lowest BCUT2D eigenvalue weighted by atomic mass is 9.81. The maximum atomic E-state index is 11.6. The van der Waals surface area contributed by atoms with E-state index in [9.17, 15) is 5.11 Å². The molecule has 2 nitrogen and oxygen atoms in total. The third kappa shape index (κ3) is 4.85. The molecule has 27 heavy (non-hydrogen) atoms. The van der Waals surface area contributed by atoms with Gasteiger partial charge in [-0.1, -0.05) is 84.9 Å². The van der Waals surface area contributed by atoms with Gasteiger partial charge in [-0.2, -0.15) is 0 Å². The lowest BCUT2D eigenvalue weighted by Gasteiger charge is -2.32. The molecule has 140 valence electrons. The van der Waals surface area contributed by atoms with Gasteiger partial charge in [0.1, 0.15) is 5.60 Å². The molecule has 0 amide bonds. The molecule has 0 aromatic heterocycles. The van der Waals surface area contributed by atoms with Gasteiger partial charge in [0.2, 0.25) is 0 Å². The highest BCUT2D eigenvalue weighted by atomic mass is 16.3. The van der Waals surface area contributed by atoms with E-state index in [-0.39, 0.29) is 6.04 Å². The number of hydrogen-bond acceptors (Lipinski definition) is 2. The zero-order valence-corrected chi connectivity index (χ0v) is 16.2. The SMILES string of the molecule is Cc1ccccc1CCNC(C)CC(O)(c1ccccc1)c1ccccc1. The minimum absolute atomic E-state index is 0.180. The standard InChI is InChI=1S/C25H29NO/c1-20-11-9-10-12-22(20)17-18-26-21(2)19-25(27,23-13-5-3-6-14-23)24-15-7-4-8-16-24/h3-16,21,26-27H,17-19H2,1-2H3. The summed E-state index contributed by atoms with van der Waals surface area (Å²) in [7, 11) is 0. The summed E-state index contributed by atoms with van der Waals surface area (Å²) in [5.41, 5.74) is 3.57. The van der Waals surface area contributed by atoms with Gasteiger partial charge < -0.3 is 10.4 Å². The Labute approximate surface area is 162 Å². The zero-order valence-electron chi connectivity index (χ0n) is 16.2. The first-order chi connectivity index (χ1) is 13.1. The Hall–Kier alpha value is -2.42. The van der Waals surface area contributed by atoms with Crippen molar-refractivity contribution in [1.29, 1.82) is 0 Å². The zero-order chi connectivity index (χ0) is 19.1. The number of aliphatic hydroxyl groups is 1. The van der Waals surface area contributed by atoms with Gasteiger partial charge in [0.15, 0.2) is 0 Å². The molecule has 0 aliphatic carbocycles. The molecular weight excluding hydrogens is 330 g/mol. The molecule has 2 N–H and O–H groups in total. The molecule has 0 saturated carbocycles. The molecule has 0 bridgehead atoms. The summed E-state index contributed by atoms with van der Waals surface area (Å²) >= 11 is 0. The Bertz CT molecular complexity index is 790. The fourth-order valence-corrected chi connectivity index (χ4v) is 3.69. The fourth-order valence-electron chi connectivity index (χ4n) is 3.69. The van der Waals surface area contributed by atoms with Crippen LogP contribution in [0.4, 0.5) is 0 Å². The van der Waals surface area contributed by atoms with Crippen LogP contribution >= 0.6 is 0 Å². The molecule has 0 aliphatic heterocycles. The number of rotatable bonds is 8. The van der Waals surface area contributed by atoms with E-state index in [0.29, 0.717) is 6.42 Å². The summed E-state index contributed by atoms with van der Waals surface area (Å²) in [5.74, 6) is 0. The Morgan fingerprint density at radius 1 is 0.815 bits per heavy atom. The summed E-state index contributed by atoms with van der Waals surface area (Å²) in [6, 6.07) is 28.6. The first kappa shape index (κ1) is 19.3. The van der Waals surface area contributed by atoms with Gasteiger partial charge in [0.25, 0.3) is 0 Å². The summed E-state index contributed by atoms with van der Waals surface area (Å²) in [6.45, 7) is 5.20. The van der Waals surface area contributed by atoms with Gasteiger partial charge in [-0.25, -0.2) is 0 Å². The van der Waals surface area contributed by atoms with Gasteiger partial charge in [-0.05, 0) is 55.5 Å². The second-order valence-electron chi connectivity index (χ2n) is 7.33. The minimum atomic E-state index is -1.00. The Kier molecular flexibility index (Phi) is 6.44. The van der Waals surface area contributed by atoms with Crippen molar-refractivity contribution >= 4 is 0 Å². The van der Waals surface area contributed by atoms with Gasteiger partial charge in [-0.15, -0.1) is 0 Å². The molecular formula is C25H29NO. The van der Waals surface area contributed by atoms with Crippen molar-refractivity contribution < 1.29 is 5.11 Å². The summed E-state index contributed by atoms with van der Waals surface area (Å²) < 4.78 is 0. The van der Waals surface area contributed by atoms with E-state index in [1.54, 1.807) is 0 Å². The summed E-state index contributed by atoms with van der Waals surface area (Å²) in [5, 5.41) is 15.2. The van der Waals surface area contributed by atoms with E-state index in [1.165, 1.54) is 11.1 Å². The van der Waals surface area contributed by atoms with Crippen molar-refractivity contribution in [2.24, 2.45) is 0 Å². The third-order valence-electron chi connectivity index (χ3n) is 5.25. The second kappa shape index (κ2) is 8.98. The quantitative estimate of drug-likeness (QED) is 0.603. The van der Waals surface area contributed by atoms with E-state index in [0.717, 1.165) is 24.1 Å². The van der Waals surface area contributed by atoms with Gasteiger partial charge in [0, 0.05) is 6.04 Å². The highest BCUT2D eigenvalue weighted by Gasteiger charge is 2.32. The minimum Gasteiger partial charge on any atom is -0.380 e. The number of nitrogens with one attached hydrogen (secondary N) is 1. The van der Waals surface area contributed by atoms with Crippen LogP contribution in [0.25, 0.3) is 0 Å². The second-order valence-corrected chi connectivity index (χ2v) is 7.33. The third-order valence-corrected chi connectivity index (χ3v) is 5.25. The Balaban J connectivity index is 1.70. The van der Waals surface area contributed by atoms with E-state index in [4.69, 9.17) is 0 Å². The van der Waals surface area contributed by atoms with Crippen LogP contribution in [0.2, 0.25) is 0 Å². The van der Waals surface area contributed by atoms with Crippen LogP contribution in [0.15, 0.2) is 84.9 Å². The van der Waals surface area contributed by atoms with Crippen molar-refractivity contribution in [3.05, 3.63) is 107 Å². The molecule has 2 heteroatoms. The molecule has 1 atom stereocenters. The van der Waals surface area contributed by atoms with Gasteiger partial charge in [0.05, 0.1) is 0 Å². The van der Waals surface area contributed by atoms with Gasteiger partial charge >= 0.3 is 0 Å². The van der Waals surface area contributed by atoms with Crippen LogP contribution in [0.1, 0.15) is 35.6 Å². The van der Waals surface area contributed by atoms with E-state index in [1.807, 2.05) is 60.7 Å². The van der Waals surface area contributed by atoms with Crippen molar-refractivity contribution in [3.8, 4) is 0 Å². The average molecular weight is 360 g/mol. The lowest BCUT2D eigenvalue weighted by molar-refractivity contribution is 0.0610. The maximum absolute atomic E-state index is 11.6. The first-order valence-corrected chi connectivity index (χ1v) is 9.71. The summed E-state index contributed by atoms with van der Waals surface area (Å²) in [6.07, 6.45) is 1.61. The average Bonchev–Trinajstić information content (AvgIpc) is 2.71. The normalized spacial score (nSPS) is 12.7. The van der Waals surface area contributed by atoms with E-state index in [2.05, 4.69) is 43.4 Å². The Morgan fingerprint density at radius 3 is 1.89 bits per heavy atom. The van der Waals surface area contributed by atoms with Crippen molar-refractivity contribution in [3.63, 3.8) is 0 Å². The largest absolute Gasteiger partial charge is 0.380 e. The smallest absolute Gasteiger partial charge is 0.116 e. The molecule has 0 radical (unpaired) electrons. The topological polar surface area (TPSA) is 32.3 Å². The molecule has 3 rings (SSSR count). The predicted molar refractivity (Wildman–Crippen MR) is 113 cm³/mol. The monoisotopic (exact) mass is 359 g/mol. The van der Waals surface area contributed by atoms with Crippen LogP contribution in [-0.4, -0.2) is 17.7 Å². The molecule has 0 saturated heterocycles. The maximum Gasteiger partial charge on any atom is 0.116 e. The molecule has 3 aromatic carbocycles. The molecule has 1 unspecified atom stereocenters. The van der Waals surface area contributed by atoms with E-state index >= 15 is 0 Å². The van der Waals surface area contributed by atoms with Crippen LogP contribution in [0.3, 0.4) is 0 Å². The fraction of sp³-hybridized carbons (Fsp3) is 0.280. The Morgan fingerprint density at radius 2 is 1.33 bits per heavy atom. The number of benzene rings is 3. The van der Waals surface area contributed by atoms with Crippen LogP contribution in [-0.2, 0) is 12.0 Å². The highest BCUT2D eigenvalue weighted by molar-refractivity contribution is 5.36. The highest BCUT2D eigenvalue weighted by Crippen LogP contribution is 2.34. The molecule has 3 aromatic rings.